The second kappa shape index (κ2) is 8.54. The van der Waals surface area contributed by atoms with Gasteiger partial charge in [-0.2, -0.15) is 4.99 Å². The van der Waals surface area contributed by atoms with Gasteiger partial charge in [0.2, 0.25) is 0 Å². The van der Waals surface area contributed by atoms with Crippen LogP contribution in [-0.4, -0.2) is 28.0 Å². The SMILES string of the molecule is CCOC(=O)Cn1c(=NC(=O)c2ccccc2[N+](=O)[O-])sc2ccc(Cl)c(C)c21. The van der Waals surface area contributed by atoms with Crippen molar-refractivity contribution in [2.75, 3.05) is 6.61 Å². The van der Waals surface area contributed by atoms with Gasteiger partial charge in [0.05, 0.1) is 21.7 Å². The van der Waals surface area contributed by atoms with Crippen LogP contribution in [0, 0.1) is 17.0 Å². The molecule has 150 valence electrons. The van der Waals surface area contributed by atoms with E-state index in [-0.39, 0.29) is 29.2 Å². The summed E-state index contributed by atoms with van der Waals surface area (Å²) >= 11 is 7.41. The van der Waals surface area contributed by atoms with Crippen LogP contribution in [0.2, 0.25) is 5.02 Å². The Hall–Kier alpha value is -3.04. The topological polar surface area (TPSA) is 104 Å². The molecule has 0 spiro atoms. The van der Waals surface area contributed by atoms with Crippen LogP contribution in [0.25, 0.3) is 10.2 Å². The first kappa shape index (κ1) is 20.7. The highest BCUT2D eigenvalue weighted by atomic mass is 35.5. The minimum absolute atomic E-state index is 0.132. The molecule has 1 aromatic heterocycles. The maximum atomic E-state index is 12.7. The highest BCUT2D eigenvalue weighted by Gasteiger charge is 2.20. The van der Waals surface area contributed by atoms with E-state index in [1.54, 1.807) is 30.5 Å². The van der Waals surface area contributed by atoms with E-state index in [1.165, 1.54) is 35.6 Å². The Morgan fingerprint density at radius 1 is 1.28 bits per heavy atom. The molecule has 0 aliphatic carbocycles. The van der Waals surface area contributed by atoms with Gasteiger partial charge in [-0.25, -0.2) is 0 Å². The minimum Gasteiger partial charge on any atom is -0.465 e. The maximum absolute atomic E-state index is 12.7. The summed E-state index contributed by atoms with van der Waals surface area (Å²) < 4.78 is 7.34. The molecule has 0 unspecified atom stereocenters. The Morgan fingerprint density at radius 2 is 2.00 bits per heavy atom. The van der Waals surface area contributed by atoms with Crippen LogP contribution in [0.3, 0.4) is 0 Å². The predicted molar refractivity (Wildman–Crippen MR) is 109 cm³/mol. The van der Waals surface area contributed by atoms with Crippen molar-refractivity contribution in [1.29, 1.82) is 0 Å². The van der Waals surface area contributed by atoms with Gasteiger partial charge in [-0.15, -0.1) is 0 Å². The summed E-state index contributed by atoms with van der Waals surface area (Å²) in [7, 11) is 0. The third-order valence-corrected chi connectivity index (χ3v) is 5.60. The van der Waals surface area contributed by atoms with Gasteiger partial charge < -0.3 is 9.30 Å². The zero-order valence-corrected chi connectivity index (χ0v) is 17.1. The number of fused-ring (bicyclic) bond motifs is 1. The van der Waals surface area contributed by atoms with E-state index < -0.39 is 16.8 Å². The lowest BCUT2D eigenvalue weighted by Gasteiger charge is -2.08. The molecule has 3 rings (SSSR count). The van der Waals surface area contributed by atoms with Gasteiger partial charge in [0.25, 0.3) is 11.6 Å². The summed E-state index contributed by atoms with van der Waals surface area (Å²) in [5.74, 6) is -1.27. The number of esters is 1. The van der Waals surface area contributed by atoms with Crippen LogP contribution in [0.1, 0.15) is 22.8 Å². The Kier molecular flexibility index (Phi) is 6.09. The molecule has 1 amide bonds. The van der Waals surface area contributed by atoms with Crippen molar-refractivity contribution >= 4 is 50.7 Å². The van der Waals surface area contributed by atoms with Gasteiger partial charge in [-0.3, -0.25) is 19.7 Å². The first-order valence-electron chi connectivity index (χ1n) is 8.60. The molecule has 0 saturated carbocycles. The quantitative estimate of drug-likeness (QED) is 0.345. The number of para-hydroxylation sites is 1. The lowest BCUT2D eigenvalue weighted by atomic mass is 10.2. The predicted octanol–water partition coefficient (Wildman–Crippen LogP) is 3.88. The molecule has 10 heteroatoms. The molecule has 0 atom stereocenters. The fourth-order valence-corrected chi connectivity index (χ4v) is 4.08. The van der Waals surface area contributed by atoms with Gasteiger partial charge >= 0.3 is 5.97 Å². The number of amides is 1. The van der Waals surface area contributed by atoms with Crippen LogP contribution >= 0.6 is 22.9 Å². The van der Waals surface area contributed by atoms with E-state index >= 15 is 0 Å². The molecule has 0 bridgehead atoms. The van der Waals surface area contributed by atoms with Gasteiger partial charge in [0.15, 0.2) is 4.80 Å². The molecular weight excluding hydrogens is 418 g/mol. The number of aromatic nitrogens is 1. The van der Waals surface area contributed by atoms with Crippen molar-refractivity contribution in [3.8, 4) is 0 Å². The summed E-state index contributed by atoms with van der Waals surface area (Å²) in [4.78, 5) is 39.7. The number of carbonyl (C=O) groups excluding carboxylic acids is 2. The van der Waals surface area contributed by atoms with Crippen molar-refractivity contribution in [3.05, 3.63) is 67.5 Å². The van der Waals surface area contributed by atoms with Gasteiger partial charge in [0.1, 0.15) is 12.1 Å². The van der Waals surface area contributed by atoms with Crippen LogP contribution in [0.4, 0.5) is 5.69 Å². The molecule has 0 radical (unpaired) electrons. The molecule has 1 heterocycles. The summed E-state index contributed by atoms with van der Waals surface area (Å²) in [5.41, 5.74) is 0.917. The van der Waals surface area contributed by atoms with E-state index in [2.05, 4.69) is 4.99 Å². The first-order valence-corrected chi connectivity index (χ1v) is 9.79. The normalized spacial score (nSPS) is 11.6. The third kappa shape index (κ3) is 4.20. The van der Waals surface area contributed by atoms with Crippen molar-refractivity contribution in [1.82, 2.24) is 4.57 Å². The number of nitrogens with zero attached hydrogens (tertiary/aromatic N) is 3. The second-order valence-corrected chi connectivity index (χ2v) is 7.40. The summed E-state index contributed by atoms with van der Waals surface area (Å²) in [6.07, 6.45) is 0. The summed E-state index contributed by atoms with van der Waals surface area (Å²) in [5, 5.41) is 11.7. The number of hydrogen-bond donors (Lipinski definition) is 0. The first-order chi connectivity index (χ1) is 13.8. The standard InChI is InChI=1S/C19H16ClN3O5S/c1-3-28-16(24)10-22-17-11(2)13(20)8-9-15(17)29-19(22)21-18(25)12-6-4-5-7-14(12)23(26)27/h4-9H,3,10H2,1-2H3. The Bertz CT molecular complexity index is 1200. The monoisotopic (exact) mass is 433 g/mol. The Labute approximate surface area is 174 Å². The number of thiazole rings is 1. The molecule has 2 aromatic carbocycles. The van der Waals surface area contributed by atoms with Gasteiger partial charge in [-0.1, -0.05) is 35.1 Å². The fourth-order valence-electron chi connectivity index (χ4n) is 2.84. The Balaban J connectivity index is 2.21. The zero-order valence-electron chi connectivity index (χ0n) is 15.5. The number of ether oxygens (including phenoxy) is 1. The molecule has 0 aliphatic rings. The molecular formula is C19H16ClN3O5S. The lowest BCUT2D eigenvalue weighted by molar-refractivity contribution is -0.385. The lowest BCUT2D eigenvalue weighted by Crippen LogP contribution is -2.23. The number of rotatable bonds is 5. The van der Waals surface area contributed by atoms with E-state index in [4.69, 9.17) is 16.3 Å². The number of benzene rings is 2. The van der Waals surface area contributed by atoms with Crippen molar-refractivity contribution in [3.63, 3.8) is 0 Å². The molecule has 0 saturated heterocycles. The molecule has 0 fully saturated rings. The molecule has 3 aromatic rings. The van der Waals surface area contributed by atoms with Gasteiger partial charge in [-0.05, 0) is 37.6 Å². The number of nitro benzene ring substituents is 1. The van der Waals surface area contributed by atoms with Crippen molar-refractivity contribution < 1.29 is 19.2 Å². The van der Waals surface area contributed by atoms with Gasteiger partial charge in [0, 0.05) is 11.1 Å². The smallest absolute Gasteiger partial charge is 0.326 e. The second-order valence-electron chi connectivity index (χ2n) is 5.99. The van der Waals surface area contributed by atoms with Crippen LogP contribution < -0.4 is 4.80 Å². The summed E-state index contributed by atoms with van der Waals surface area (Å²) in [6.45, 7) is 3.53. The number of aryl methyl sites for hydroxylation is 1. The van der Waals surface area contributed by atoms with Crippen LogP contribution in [-0.2, 0) is 16.1 Å². The van der Waals surface area contributed by atoms with E-state index in [0.717, 1.165) is 10.3 Å². The maximum Gasteiger partial charge on any atom is 0.326 e. The average molecular weight is 434 g/mol. The van der Waals surface area contributed by atoms with Crippen molar-refractivity contribution in [2.24, 2.45) is 4.99 Å². The number of hydrogen-bond acceptors (Lipinski definition) is 6. The fraction of sp³-hybridized carbons (Fsp3) is 0.211. The number of carbonyl (C=O) groups is 2. The summed E-state index contributed by atoms with van der Waals surface area (Å²) in [6, 6.07) is 9.07. The van der Waals surface area contributed by atoms with Crippen LogP contribution in [0.15, 0.2) is 41.4 Å². The largest absolute Gasteiger partial charge is 0.465 e. The molecule has 0 N–H and O–H groups in total. The number of nitro groups is 1. The molecule has 0 aliphatic heterocycles. The zero-order chi connectivity index (χ0) is 21.1. The third-order valence-electron chi connectivity index (χ3n) is 4.15. The van der Waals surface area contributed by atoms with Crippen LogP contribution in [0.5, 0.6) is 0 Å². The van der Waals surface area contributed by atoms with Crippen molar-refractivity contribution in [2.45, 2.75) is 20.4 Å². The number of halogens is 1. The van der Waals surface area contributed by atoms with E-state index in [0.29, 0.717) is 10.5 Å². The van der Waals surface area contributed by atoms with E-state index in [9.17, 15) is 19.7 Å². The molecule has 29 heavy (non-hydrogen) atoms. The highest BCUT2D eigenvalue weighted by molar-refractivity contribution is 7.16. The van der Waals surface area contributed by atoms with E-state index in [1.807, 2.05) is 0 Å². The average Bonchev–Trinajstić information content (AvgIpc) is 3.02. The highest BCUT2D eigenvalue weighted by Crippen LogP contribution is 2.27. The molecule has 8 nitrogen and oxygen atoms in total. The minimum atomic E-state index is -0.773. The Morgan fingerprint density at radius 3 is 2.69 bits per heavy atom.